The van der Waals surface area contributed by atoms with Gasteiger partial charge in [-0.3, -0.25) is 0 Å². The van der Waals surface area contributed by atoms with Gasteiger partial charge >= 0.3 is 0 Å². The molecule has 0 saturated heterocycles. The number of halogens is 2. The van der Waals surface area contributed by atoms with Gasteiger partial charge in [0.2, 0.25) is 0 Å². The van der Waals surface area contributed by atoms with Crippen LogP contribution in [0.4, 0.5) is 8.78 Å². The maximum atomic E-state index is 11.7. The van der Waals surface area contributed by atoms with Crippen LogP contribution in [0.3, 0.4) is 0 Å². The van der Waals surface area contributed by atoms with Crippen LogP contribution in [0.25, 0.3) is 0 Å². The van der Waals surface area contributed by atoms with Crippen LogP contribution in [0.5, 0.6) is 0 Å². The van der Waals surface area contributed by atoms with Crippen molar-refractivity contribution in [2.24, 2.45) is 0 Å². The first kappa shape index (κ1) is 6.52. The highest BCUT2D eigenvalue weighted by Crippen LogP contribution is 2.16. The Morgan fingerprint density at radius 1 is 1.56 bits per heavy atom. The van der Waals surface area contributed by atoms with Gasteiger partial charge in [-0.1, -0.05) is 0 Å². The minimum Gasteiger partial charge on any atom is -0.492 e. The van der Waals surface area contributed by atoms with Crippen LogP contribution in [-0.2, 0) is 4.74 Å². The third-order valence-corrected chi connectivity index (χ3v) is 1.18. The molecule has 1 aliphatic heterocycles. The molecule has 0 aromatic heterocycles. The number of alkyl halides is 2. The van der Waals surface area contributed by atoms with Crippen molar-refractivity contribution in [1.82, 2.24) is 0 Å². The van der Waals surface area contributed by atoms with Gasteiger partial charge in [-0.25, -0.2) is 8.78 Å². The van der Waals surface area contributed by atoms with Gasteiger partial charge in [0.15, 0.2) is 5.76 Å². The van der Waals surface area contributed by atoms with Crippen molar-refractivity contribution in [3.05, 3.63) is 11.8 Å². The summed E-state index contributed by atoms with van der Waals surface area (Å²) in [6.45, 7) is 0.441. The van der Waals surface area contributed by atoms with Crippen molar-refractivity contribution in [2.45, 2.75) is 19.3 Å². The fourth-order valence-electron chi connectivity index (χ4n) is 0.729. The Kier molecular flexibility index (Phi) is 2.03. The lowest BCUT2D eigenvalue weighted by Gasteiger charge is -2.12. The van der Waals surface area contributed by atoms with Gasteiger partial charge in [0.05, 0.1) is 6.61 Å². The SMILES string of the molecule is FC(F)C1=CCCCO1. The molecule has 52 valence electrons. The van der Waals surface area contributed by atoms with Gasteiger partial charge in [0.1, 0.15) is 0 Å². The molecular formula is C6H8F2O. The van der Waals surface area contributed by atoms with Gasteiger partial charge in [0, 0.05) is 0 Å². The van der Waals surface area contributed by atoms with E-state index in [9.17, 15) is 8.78 Å². The van der Waals surface area contributed by atoms with E-state index in [0.717, 1.165) is 12.8 Å². The second-order valence-corrected chi connectivity index (χ2v) is 1.90. The molecule has 0 unspecified atom stereocenters. The Balaban J connectivity index is 2.46. The number of ether oxygens (including phenoxy) is 1. The zero-order chi connectivity index (χ0) is 6.69. The molecule has 1 heterocycles. The van der Waals surface area contributed by atoms with Crippen LogP contribution < -0.4 is 0 Å². The van der Waals surface area contributed by atoms with Gasteiger partial charge in [-0.2, -0.15) is 0 Å². The van der Waals surface area contributed by atoms with Crippen LogP contribution in [0.15, 0.2) is 11.8 Å². The zero-order valence-electron chi connectivity index (χ0n) is 4.94. The van der Waals surface area contributed by atoms with Crippen molar-refractivity contribution in [3.63, 3.8) is 0 Å². The molecule has 0 atom stereocenters. The van der Waals surface area contributed by atoms with E-state index >= 15 is 0 Å². The van der Waals surface area contributed by atoms with Crippen molar-refractivity contribution in [3.8, 4) is 0 Å². The molecule has 9 heavy (non-hydrogen) atoms. The third kappa shape index (κ3) is 1.66. The maximum absolute atomic E-state index is 11.7. The summed E-state index contributed by atoms with van der Waals surface area (Å²) in [5.74, 6) is -0.152. The molecule has 1 aliphatic rings. The molecule has 0 saturated carbocycles. The predicted molar refractivity (Wildman–Crippen MR) is 29.3 cm³/mol. The first-order valence-corrected chi connectivity index (χ1v) is 2.91. The highest BCUT2D eigenvalue weighted by molar-refractivity contribution is 4.98. The number of hydrogen-bond donors (Lipinski definition) is 0. The summed E-state index contributed by atoms with van der Waals surface area (Å²) in [7, 11) is 0. The van der Waals surface area contributed by atoms with E-state index in [1.807, 2.05) is 0 Å². The Morgan fingerprint density at radius 2 is 2.33 bits per heavy atom. The normalized spacial score (nSPS) is 19.2. The van der Waals surface area contributed by atoms with Gasteiger partial charge < -0.3 is 4.74 Å². The number of allylic oxidation sites excluding steroid dienone is 2. The van der Waals surface area contributed by atoms with E-state index in [1.165, 1.54) is 6.08 Å². The molecule has 0 spiro atoms. The lowest BCUT2D eigenvalue weighted by molar-refractivity contribution is 0.0733. The second kappa shape index (κ2) is 2.80. The molecule has 1 rings (SSSR count). The molecule has 3 heteroatoms. The maximum Gasteiger partial charge on any atom is 0.294 e. The summed E-state index contributed by atoms with van der Waals surface area (Å²) in [5, 5.41) is 0. The topological polar surface area (TPSA) is 9.23 Å². The summed E-state index contributed by atoms with van der Waals surface area (Å²) in [6.07, 6.45) is 0.606. The van der Waals surface area contributed by atoms with Crippen LogP contribution >= 0.6 is 0 Å². The molecule has 0 aliphatic carbocycles. The lowest BCUT2D eigenvalue weighted by atomic mass is 10.2. The minimum atomic E-state index is -2.43. The molecule has 0 amide bonds. The minimum absolute atomic E-state index is 0.152. The third-order valence-electron chi connectivity index (χ3n) is 1.18. The van der Waals surface area contributed by atoms with Crippen LogP contribution in [0.2, 0.25) is 0 Å². The Morgan fingerprint density at radius 3 is 2.67 bits per heavy atom. The van der Waals surface area contributed by atoms with Crippen LogP contribution in [-0.4, -0.2) is 13.0 Å². The summed E-state index contributed by atoms with van der Waals surface area (Å²) < 4.78 is 28.1. The predicted octanol–water partition coefficient (Wildman–Crippen LogP) is 1.95. The number of rotatable bonds is 1. The average Bonchev–Trinajstić information content (AvgIpc) is 1.90. The Hall–Kier alpha value is -0.600. The highest BCUT2D eigenvalue weighted by Gasteiger charge is 2.13. The largest absolute Gasteiger partial charge is 0.492 e. The van der Waals surface area contributed by atoms with Crippen molar-refractivity contribution in [1.29, 1.82) is 0 Å². The van der Waals surface area contributed by atoms with Crippen molar-refractivity contribution in [2.75, 3.05) is 6.61 Å². The highest BCUT2D eigenvalue weighted by atomic mass is 19.3. The van der Waals surface area contributed by atoms with E-state index in [2.05, 4.69) is 4.74 Å². The van der Waals surface area contributed by atoms with E-state index in [4.69, 9.17) is 0 Å². The van der Waals surface area contributed by atoms with Crippen LogP contribution in [0.1, 0.15) is 12.8 Å². The molecule has 0 aromatic carbocycles. The molecule has 0 radical (unpaired) electrons. The zero-order valence-corrected chi connectivity index (χ0v) is 4.94. The van der Waals surface area contributed by atoms with Gasteiger partial charge in [-0.05, 0) is 18.9 Å². The molecule has 0 bridgehead atoms. The van der Waals surface area contributed by atoms with Gasteiger partial charge in [0.25, 0.3) is 6.43 Å². The van der Waals surface area contributed by atoms with Crippen molar-refractivity contribution < 1.29 is 13.5 Å². The quantitative estimate of drug-likeness (QED) is 0.532. The second-order valence-electron chi connectivity index (χ2n) is 1.90. The smallest absolute Gasteiger partial charge is 0.294 e. The summed E-state index contributed by atoms with van der Waals surface area (Å²) in [6, 6.07) is 0. The van der Waals surface area contributed by atoms with E-state index in [-0.39, 0.29) is 5.76 Å². The monoisotopic (exact) mass is 134 g/mol. The first-order valence-electron chi connectivity index (χ1n) is 2.91. The molecule has 0 N–H and O–H groups in total. The molecule has 1 nitrogen and oxygen atoms in total. The van der Waals surface area contributed by atoms with E-state index in [0.29, 0.717) is 6.61 Å². The average molecular weight is 134 g/mol. The lowest BCUT2D eigenvalue weighted by Crippen LogP contribution is -2.07. The Bertz CT molecular complexity index is 120. The molecule has 0 fully saturated rings. The summed E-state index contributed by atoms with van der Waals surface area (Å²) in [5.41, 5.74) is 0. The molecule has 0 aromatic rings. The van der Waals surface area contributed by atoms with Crippen molar-refractivity contribution >= 4 is 0 Å². The number of hydrogen-bond acceptors (Lipinski definition) is 1. The summed E-state index contributed by atoms with van der Waals surface area (Å²) in [4.78, 5) is 0. The summed E-state index contributed by atoms with van der Waals surface area (Å²) >= 11 is 0. The standard InChI is InChI=1S/C6H8F2O/c7-6(8)5-3-1-2-4-9-5/h3,6H,1-2,4H2. The molecular weight excluding hydrogens is 126 g/mol. The van der Waals surface area contributed by atoms with E-state index in [1.54, 1.807) is 0 Å². The van der Waals surface area contributed by atoms with Gasteiger partial charge in [-0.15, -0.1) is 0 Å². The van der Waals surface area contributed by atoms with E-state index < -0.39 is 6.43 Å². The first-order chi connectivity index (χ1) is 4.30. The van der Waals surface area contributed by atoms with Crippen LogP contribution in [0, 0.1) is 0 Å². The Labute approximate surface area is 52.3 Å². The fraction of sp³-hybridized carbons (Fsp3) is 0.667. The fourth-order valence-corrected chi connectivity index (χ4v) is 0.729.